The summed E-state index contributed by atoms with van der Waals surface area (Å²) in [7, 11) is 0. The van der Waals surface area contributed by atoms with E-state index >= 15 is 0 Å². The lowest BCUT2D eigenvalue weighted by Gasteiger charge is -2.26. The molecule has 0 spiro atoms. The molecule has 15 heavy (non-hydrogen) atoms. The molecule has 0 atom stereocenters. The number of nitrogens with zero attached hydrogens (tertiary/aromatic N) is 2. The standard InChI is InChI=1S/C9H14N4O2/c10-9-11-7-5-13(3-4-14)2-1-6(7)8(15)12-9/h14H,1-5H2,(H3,10,11,12,15). The Morgan fingerprint density at radius 3 is 3.13 bits per heavy atom. The fourth-order valence-electron chi connectivity index (χ4n) is 1.85. The van der Waals surface area contributed by atoms with Crippen molar-refractivity contribution in [3.8, 4) is 0 Å². The molecule has 0 fully saturated rings. The minimum atomic E-state index is -0.138. The second-order valence-corrected chi connectivity index (χ2v) is 3.63. The van der Waals surface area contributed by atoms with Gasteiger partial charge in [0, 0.05) is 25.2 Å². The Morgan fingerprint density at radius 2 is 2.40 bits per heavy atom. The van der Waals surface area contributed by atoms with Crippen molar-refractivity contribution >= 4 is 5.95 Å². The van der Waals surface area contributed by atoms with E-state index in [1.807, 2.05) is 4.90 Å². The summed E-state index contributed by atoms with van der Waals surface area (Å²) in [6, 6.07) is 0. The first-order valence-corrected chi connectivity index (χ1v) is 4.91. The number of aliphatic hydroxyl groups is 1. The summed E-state index contributed by atoms with van der Waals surface area (Å²) in [5.74, 6) is 0.157. The van der Waals surface area contributed by atoms with E-state index < -0.39 is 0 Å². The number of aromatic amines is 1. The number of β-amino-alcohol motifs (C(OH)–C–C–N with tert-alkyl or cyclic N) is 1. The summed E-state index contributed by atoms with van der Waals surface area (Å²) in [5, 5.41) is 8.82. The van der Waals surface area contributed by atoms with Crippen LogP contribution in [-0.4, -0.2) is 39.7 Å². The van der Waals surface area contributed by atoms with Gasteiger partial charge in [-0.1, -0.05) is 0 Å². The zero-order chi connectivity index (χ0) is 10.8. The van der Waals surface area contributed by atoms with Crippen LogP contribution < -0.4 is 11.3 Å². The fraction of sp³-hybridized carbons (Fsp3) is 0.556. The van der Waals surface area contributed by atoms with Crippen molar-refractivity contribution in [3.63, 3.8) is 0 Å². The number of nitrogen functional groups attached to an aromatic ring is 1. The van der Waals surface area contributed by atoms with E-state index in [2.05, 4.69) is 9.97 Å². The first kappa shape index (κ1) is 10.1. The summed E-state index contributed by atoms with van der Waals surface area (Å²) >= 11 is 0. The van der Waals surface area contributed by atoms with Crippen molar-refractivity contribution in [1.82, 2.24) is 14.9 Å². The topological polar surface area (TPSA) is 95.2 Å². The van der Waals surface area contributed by atoms with Crippen LogP contribution in [0.2, 0.25) is 0 Å². The first-order chi connectivity index (χ1) is 7.20. The first-order valence-electron chi connectivity index (χ1n) is 4.91. The molecule has 0 saturated carbocycles. The molecule has 0 aromatic carbocycles. The third kappa shape index (κ3) is 2.00. The van der Waals surface area contributed by atoms with Gasteiger partial charge < -0.3 is 10.8 Å². The minimum Gasteiger partial charge on any atom is -0.395 e. The highest BCUT2D eigenvalue weighted by atomic mass is 16.3. The predicted octanol–water partition coefficient (Wildman–Crippen LogP) is -1.30. The molecule has 0 saturated heterocycles. The molecular formula is C9H14N4O2. The molecule has 1 aromatic heterocycles. The lowest BCUT2D eigenvalue weighted by molar-refractivity contribution is 0.182. The van der Waals surface area contributed by atoms with Crippen LogP contribution in [0, 0.1) is 0 Å². The van der Waals surface area contributed by atoms with E-state index in [1.54, 1.807) is 0 Å². The molecule has 0 unspecified atom stereocenters. The lowest BCUT2D eigenvalue weighted by Crippen LogP contribution is -2.36. The van der Waals surface area contributed by atoms with Crippen LogP contribution in [0.1, 0.15) is 11.3 Å². The summed E-state index contributed by atoms with van der Waals surface area (Å²) < 4.78 is 0. The number of hydrogen-bond acceptors (Lipinski definition) is 5. The molecule has 2 rings (SSSR count). The van der Waals surface area contributed by atoms with Gasteiger partial charge in [0.1, 0.15) is 0 Å². The number of rotatable bonds is 2. The van der Waals surface area contributed by atoms with E-state index in [-0.39, 0.29) is 18.1 Å². The summed E-state index contributed by atoms with van der Waals surface area (Å²) in [4.78, 5) is 20.1. The number of fused-ring (bicyclic) bond motifs is 1. The molecule has 0 bridgehead atoms. The van der Waals surface area contributed by atoms with Crippen molar-refractivity contribution in [3.05, 3.63) is 21.6 Å². The molecule has 1 aliphatic heterocycles. The summed E-state index contributed by atoms with van der Waals surface area (Å²) in [6.07, 6.45) is 0.665. The Balaban J connectivity index is 2.29. The minimum absolute atomic E-state index is 0.119. The molecule has 6 heteroatoms. The van der Waals surface area contributed by atoms with Gasteiger partial charge in [-0.25, -0.2) is 4.98 Å². The van der Waals surface area contributed by atoms with Gasteiger partial charge in [-0.2, -0.15) is 0 Å². The van der Waals surface area contributed by atoms with Gasteiger partial charge in [0.15, 0.2) is 0 Å². The highest BCUT2D eigenvalue weighted by molar-refractivity contribution is 5.27. The number of hydrogen-bond donors (Lipinski definition) is 3. The highest BCUT2D eigenvalue weighted by Crippen LogP contribution is 2.13. The molecule has 6 nitrogen and oxygen atoms in total. The largest absolute Gasteiger partial charge is 0.395 e. The average Bonchev–Trinajstić information content (AvgIpc) is 2.17. The molecular weight excluding hydrogens is 196 g/mol. The van der Waals surface area contributed by atoms with Gasteiger partial charge in [0.25, 0.3) is 5.56 Å². The zero-order valence-corrected chi connectivity index (χ0v) is 8.36. The van der Waals surface area contributed by atoms with Crippen molar-refractivity contribution in [1.29, 1.82) is 0 Å². The van der Waals surface area contributed by atoms with Crippen LogP contribution >= 0.6 is 0 Å². The predicted molar refractivity (Wildman–Crippen MR) is 55.3 cm³/mol. The number of nitrogens with two attached hydrogens (primary N) is 1. The molecule has 0 radical (unpaired) electrons. The SMILES string of the molecule is Nc1nc2c(c(=O)[nH]1)CCN(CCO)C2. The van der Waals surface area contributed by atoms with E-state index in [4.69, 9.17) is 10.8 Å². The third-order valence-corrected chi connectivity index (χ3v) is 2.59. The van der Waals surface area contributed by atoms with Gasteiger partial charge in [-0.05, 0) is 6.42 Å². The zero-order valence-electron chi connectivity index (χ0n) is 8.36. The van der Waals surface area contributed by atoms with Crippen LogP contribution in [0.25, 0.3) is 0 Å². The molecule has 0 amide bonds. The van der Waals surface area contributed by atoms with Crippen LogP contribution in [0.15, 0.2) is 4.79 Å². The van der Waals surface area contributed by atoms with Gasteiger partial charge in [0.05, 0.1) is 12.3 Å². The number of H-pyrrole nitrogens is 1. The second-order valence-electron chi connectivity index (χ2n) is 3.63. The van der Waals surface area contributed by atoms with E-state index in [0.717, 1.165) is 17.8 Å². The Morgan fingerprint density at radius 1 is 1.60 bits per heavy atom. The normalized spacial score (nSPS) is 16.3. The molecule has 82 valence electrons. The van der Waals surface area contributed by atoms with Crippen molar-refractivity contribution in [2.45, 2.75) is 13.0 Å². The second kappa shape index (κ2) is 4.00. The monoisotopic (exact) mass is 210 g/mol. The average molecular weight is 210 g/mol. The van der Waals surface area contributed by atoms with E-state index in [0.29, 0.717) is 19.5 Å². The van der Waals surface area contributed by atoms with E-state index in [1.165, 1.54) is 0 Å². The van der Waals surface area contributed by atoms with Crippen LogP contribution in [0.3, 0.4) is 0 Å². The van der Waals surface area contributed by atoms with Crippen molar-refractivity contribution in [2.75, 3.05) is 25.4 Å². The maximum Gasteiger partial charge on any atom is 0.255 e. The van der Waals surface area contributed by atoms with Crippen LogP contribution in [-0.2, 0) is 13.0 Å². The maximum atomic E-state index is 11.5. The molecule has 0 aliphatic carbocycles. The Labute approximate surface area is 86.7 Å². The number of anilines is 1. The molecule has 1 aliphatic rings. The lowest BCUT2D eigenvalue weighted by atomic mass is 10.1. The van der Waals surface area contributed by atoms with Gasteiger partial charge in [-0.3, -0.25) is 14.7 Å². The van der Waals surface area contributed by atoms with Gasteiger partial charge in [0.2, 0.25) is 5.95 Å². The maximum absolute atomic E-state index is 11.5. The van der Waals surface area contributed by atoms with Crippen molar-refractivity contribution < 1.29 is 5.11 Å². The smallest absolute Gasteiger partial charge is 0.255 e. The van der Waals surface area contributed by atoms with Gasteiger partial charge >= 0.3 is 0 Å². The number of nitrogens with one attached hydrogen (secondary N) is 1. The van der Waals surface area contributed by atoms with E-state index in [9.17, 15) is 4.79 Å². The van der Waals surface area contributed by atoms with Crippen LogP contribution in [0.5, 0.6) is 0 Å². The summed E-state index contributed by atoms with van der Waals surface area (Å²) in [6.45, 7) is 2.09. The number of aromatic nitrogens is 2. The third-order valence-electron chi connectivity index (χ3n) is 2.59. The Hall–Kier alpha value is -1.40. The Kier molecular flexibility index (Phi) is 2.70. The fourth-order valence-corrected chi connectivity index (χ4v) is 1.85. The highest BCUT2D eigenvalue weighted by Gasteiger charge is 2.19. The molecule has 2 heterocycles. The summed E-state index contributed by atoms with van der Waals surface area (Å²) in [5.41, 5.74) is 6.78. The van der Waals surface area contributed by atoms with Gasteiger partial charge in [-0.15, -0.1) is 0 Å². The Bertz CT molecular complexity index is 415. The molecule has 1 aromatic rings. The quantitative estimate of drug-likeness (QED) is 0.564. The van der Waals surface area contributed by atoms with Crippen LogP contribution in [0.4, 0.5) is 5.95 Å². The number of aliphatic hydroxyl groups excluding tert-OH is 1. The molecule has 4 N–H and O–H groups in total. The van der Waals surface area contributed by atoms with Crippen molar-refractivity contribution in [2.24, 2.45) is 0 Å².